The van der Waals surface area contributed by atoms with Gasteiger partial charge >= 0.3 is 12.0 Å². The van der Waals surface area contributed by atoms with E-state index < -0.39 is 30.6 Å². The fraction of sp³-hybridized carbons (Fsp3) is 0.438. The molecule has 1 aromatic carbocycles. The molecule has 7 nitrogen and oxygen atoms in total. The van der Waals surface area contributed by atoms with Gasteiger partial charge in [0.2, 0.25) is 0 Å². The van der Waals surface area contributed by atoms with Crippen LogP contribution in [0.3, 0.4) is 0 Å². The summed E-state index contributed by atoms with van der Waals surface area (Å²) in [4.78, 5) is 34.8. The Labute approximate surface area is 134 Å². The summed E-state index contributed by atoms with van der Waals surface area (Å²) < 4.78 is 10.4. The van der Waals surface area contributed by atoms with Crippen LogP contribution in [0.25, 0.3) is 0 Å². The molecule has 0 aromatic heterocycles. The highest BCUT2D eigenvalue weighted by Crippen LogP contribution is 2.18. The maximum Gasteiger partial charge on any atom is 0.347 e. The van der Waals surface area contributed by atoms with Crippen LogP contribution in [0.15, 0.2) is 30.3 Å². The molecule has 3 amide bonds. The lowest BCUT2D eigenvalue weighted by atomic mass is 10.2. The molecule has 0 heterocycles. The average molecular weight is 320 g/mol. The van der Waals surface area contributed by atoms with E-state index in [0.29, 0.717) is 12.2 Å². The maximum absolute atomic E-state index is 11.9. The van der Waals surface area contributed by atoms with Gasteiger partial charge in [-0.15, -0.1) is 0 Å². The van der Waals surface area contributed by atoms with Crippen molar-refractivity contribution in [3.05, 3.63) is 30.3 Å². The van der Waals surface area contributed by atoms with Gasteiger partial charge in [0.1, 0.15) is 5.75 Å². The number of benzene rings is 1. The number of nitrogens with one attached hydrogen (secondary N) is 2. The van der Waals surface area contributed by atoms with Gasteiger partial charge in [0, 0.05) is 6.04 Å². The second kappa shape index (κ2) is 8.17. The number of imide groups is 1. The van der Waals surface area contributed by atoms with Gasteiger partial charge in [-0.3, -0.25) is 10.1 Å². The SMILES string of the molecule is CC[C@H](Oc1ccccc1)C(=O)OCC(=O)NC(=O)NC1CC1. The fourth-order valence-electron chi connectivity index (χ4n) is 1.80. The van der Waals surface area contributed by atoms with E-state index in [1.54, 1.807) is 31.2 Å². The van der Waals surface area contributed by atoms with Crippen molar-refractivity contribution in [2.24, 2.45) is 0 Å². The van der Waals surface area contributed by atoms with Gasteiger partial charge in [-0.25, -0.2) is 9.59 Å². The van der Waals surface area contributed by atoms with Crippen molar-refractivity contribution in [3.8, 4) is 5.75 Å². The van der Waals surface area contributed by atoms with E-state index in [-0.39, 0.29) is 6.04 Å². The summed E-state index contributed by atoms with van der Waals surface area (Å²) in [6.45, 7) is 1.25. The standard InChI is InChI=1S/C16H20N2O5/c1-2-13(23-12-6-4-3-5-7-12)15(20)22-10-14(19)18-16(21)17-11-8-9-11/h3-7,11,13H,2,8-10H2,1H3,(H2,17,18,19,21)/t13-/m0/s1. The van der Waals surface area contributed by atoms with Crippen LogP contribution in [0.2, 0.25) is 0 Å². The number of hydrogen-bond acceptors (Lipinski definition) is 5. The van der Waals surface area contributed by atoms with E-state index in [0.717, 1.165) is 12.8 Å². The highest BCUT2D eigenvalue weighted by Gasteiger charge is 2.25. The third-order valence-corrected chi connectivity index (χ3v) is 3.17. The summed E-state index contributed by atoms with van der Waals surface area (Å²) in [7, 11) is 0. The summed E-state index contributed by atoms with van der Waals surface area (Å²) in [5, 5.41) is 4.71. The fourth-order valence-corrected chi connectivity index (χ4v) is 1.80. The predicted molar refractivity (Wildman–Crippen MR) is 81.8 cm³/mol. The lowest BCUT2D eigenvalue weighted by molar-refractivity contribution is -0.155. The number of ether oxygens (including phenoxy) is 2. The Morgan fingerprint density at radius 2 is 1.91 bits per heavy atom. The Morgan fingerprint density at radius 3 is 2.52 bits per heavy atom. The second-order valence-corrected chi connectivity index (χ2v) is 5.23. The Balaban J connectivity index is 1.73. The molecule has 0 bridgehead atoms. The second-order valence-electron chi connectivity index (χ2n) is 5.23. The lowest BCUT2D eigenvalue weighted by Gasteiger charge is -2.16. The maximum atomic E-state index is 11.9. The van der Waals surface area contributed by atoms with Crippen LogP contribution in [0.1, 0.15) is 26.2 Å². The van der Waals surface area contributed by atoms with E-state index >= 15 is 0 Å². The molecule has 1 aliphatic carbocycles. The molecule has 0 saturated heterocycles. The van der Waals surface area contributed by atoms with Crippen molar-refractivity contribution in [2.45, 2.75) is 38.3 Å². The van der Waals surface area contributed by atoms with Crippen LogP contribution in [0, 0.1) is 0 Å². The summed E-state index contributed by atoms with van der Waals surface area (Å²) >= 11 is 0. The minimum absolute atomic E-state index is 0.147. The molecule has 2 rings (SSSR count). The molecule has 124 valence electrons. The first kappa shape index (κ1) is 16.8. The number of urea groups is 1. The topological polar surface area (TPSA) is 93.7 Å². The third-order valence-electron chi connectivity index (χ3n) is 3.17. The number of rotatable bonds is 7. The van der Waals surface area contributed by atoms with Gasteiger partial charge in [0.15, 0.2) is 12.7 Å². The highest BCUT2D eigenvalue weighted by molar-refractivity contribution is 5.95. The minimum Gasteiger partial charge on any atom is -0.479 e. The van der Waals surface area contributed by atoms with Gasteiger partial charge < -0.3 is 14.8 Å². The van der Waals surface area contributed by atoms with Gasteiger partial charge in [-0.2, -0.15) is 0 Å². The molecular weight excluding hydrogens is 300 g/mol. The average Bonchev–Trinajstić information content (AvgIpc) is 3.35. The molecule has 1 saturated carbocycles. The lowest BCUT2D eigenvalue weighted by Crippen LogP contribution is -2.43. The first-order valence-corrected chi connectivity index (χ1v) is 7.57. The van der Waals surface area contributed by atoms with Crippen molar-refractivity contribution in [1.29, 1.82) is 0 Å². The van der Waals surface area contributed by atoms with Crippen molar-refractivity contribution >= 4 is 17.9 Å². The number of carbonyl (C=O) groups excluding carboxylic acids is 3. The number of hydrogen-bond donors (Lipinski definition) is 2. The molecule has 0 unspecified atom stereocenters. The van der Waals surface area contributed by atoms with E-state index in [2.05, 4.69) is 10.6 Å². The van der Waals surface area contributed by atoms with E-state index in [9.17, 15) is 14.4 Å². The normalized spacial score (nSPS) is 14.5. The van der Waals surface area contributed by atoms with Gasteiger partial charge in [-0.1, -0.05) is 25.1 Å². The van der Waals surface area contributed by atoms with Crippen LogP contribution in [0.4, 0.5) is 4.79 Å². The largest absolute Gasteiger partial charge is 0.479 e. The first-order valence-electron chi connectivity index (χ1n) is 7.57. The summed E-state index contributed by atoms with van der Waals surface area (Å²) in [6.07, 6.45) is 1.44. The molecule has 7 heteroatoms. The Morgan fingerprint density at radius 1 is 1.22 bits per heavy atom. The van der Waals surface area contributed by atoms with Crippen LogP contribution < -0.4 is 15.4 Å². The monoisotopic (exact) mass is 320 g/mol. The van der Waals surface area contributed by atoms with Crippen molar-refractivity contribution in [1.82, 2.24) is 10.6 Å². The number of carbonyl (C=O) groups is 3. The molecule has 0 spiro atoms. The van der Waals surface area contributed by atoms with Crippen molar-refractivity contribution in [2.75, 3.05) is 6.61 Å². The molecule has 0 radical (unpaired) electrons. The zero-order valence-electron chi connectivity index (χ0n) is 12.9. The van der Waals surface area contributed by atoms with Gasteiger partial charge in [-0.05, 0) is 31.4 Å². The molecule has 0 aliphatic heterocycles. The smallest absolute Gasteiger partial charge is 0.347 e. The van der Waals surface area contributed by atoms with Crippen molar-refractivity contribution in [3.63, 3.8) is 0 Å². The molecule has 23 heavy (non-hydrogen) atoms. The molecule has 1 aliphatic rings. The molecule has 1 aromatic rings. The Bertz CT molecular complexity index is 557. The quantitative estimate of drug-likeness (QED) is 0.740. The molecule has 1 fully saturated rings. The zero-order valence-corrected chi connectivity index (χ0v) is 12.9. The number of esters is 1. The van der Waals surface area contributed by atoms with E-state index in [1.165, 1.54) is 0 Å². The third kappa shape index (κ3) is 5.98. The predicted octanol–water partition coefficient (Wildman–Crippen LogP) is 1.38. The van der Waals surface area contributed by atoms with Crippen molar-refractivity contribution < 1.29 is 23.9 Å². The summed E-state index contributed by atoms with van der Waals surface area (Å²) in [5.41, 5.74) is 0. The minimum atomic E-state index is -0.800. The van der Waals surface area contributed by atoms with E-state index in [4.69, 9.17) is 9.47 Å². The van der Waals surface area contributed by atoms with E-state index in [1.807, 2.05) is 6.07 Å². The number of para-hydroxylation sites is 1. The van der Waals surface area contributed by atoms with Crippen LogP contribution in [0.5, 0.6) is 5.75 Å². The van der Waals surface area contributed by atoms with Crippen LogP contribution in [-0.2, 0) is 14.3 Å². The molecule has 2 N–H and O–H groups in total. The Kier molecular flexibility index (Phi) is 5.96. The summed E-state index contributed by atoms with van der Waals surface area (Å²) in [6, 6.07) is 8.45. The van der Waals surface area contributed by atoms with Crippen LogP contribution >= 0.6 is 0 Å². The molecule has 1 atom stereocenters. The van der Waals surface area contributed by atoms with Gasteiger partial charge in [0.05, 0.1) is 0 Å². The van der Waals surface area contributed by atoms with Crippen LogP contribution in [-0.4, -0.2) is 36.7 Å². The molecular formula is C16H20N2O5. The summed E-state index contributed by atoms with van der Waals surface area (Å²) in [5.74, 6) is -0.773. The Hall–Kier alpha value is -2.57. The first-order chi connectivity index (χ1) is 11.1. The van der Waals surface area contributed by atoms with Gasteiger partial charge in [0.25, 0.3) is 5.91 Å². The highest BCUT2D eigenvalue weighted by atomic mass is 16.6. The zero-order chi connectivity index (χ0) is 16.7. The number of amides is 3.